The van der Waals surface area contributed by atoms with Gasteiger partial charge in [0, 0.05) is 5.25 Å². The zero-order chi connectivity index (χ0) is 13.2. The Morgan fingerprint density at radius 1 is 1.33 bits per heavy atom. The highest BCUT2D eigenvalue weighted by Crippen LogP contribution is 2.31. The van der Waals surface area contributed by atoms with E-state index in [1.807, 2.05) is 11.8 Å². The summed E-state index contributed by atoms with van der Waals surface area (Å²) in [5.74, 6) is 1.91. The Balaban J connectivity index is 2.02. The van der Waals surface area contributed by atoms with E-state index < -0.39 is 10.1 Å². The lowest BCUT2D eigenvalue weighted by molar-refractivity contribution is 0.458. The fraction of sp³-hybridized carbons (Fsp3) is 0.538. The summed E-state index contributed by atoms with van der Waals surface area (Å²) < 4.78 is 30.8. The second kappa shape index (κ2) is 5.63. The Hall–Kier alpha value is -0.520. The van der Waals surface area contributed by atoms with Crippen molar-refractivity contribution in [3.63, 3.8) is 0 Å². The Labute approximate surface area is 113 Å². The fourth-order valence-electron chi connectivity index (χ4n) is 2.41. The molecule has 18 heavy (non-hydrogen) atoms. The van der Waals surface area contributed by atoms with Crippen molar-refractivity contribution in [3.8, 4) is 0 Å². The Kier molecular flexibility index (Phi) is 4.35. The molecule has 0 aliphatic carbocycles. The molecule has 1 aromatic rings. The molecule has 0 spiro atoms. The van der Waals surface area contributed by atoms with Crippen molar-refractivity contribution in [1.82, 2.24) is 0 Å². The van der Waals surface area contributed by atoms with E-state index in [1.165, 1.54) is 30.7 Å². The second-order valence-corrected chi connectivity index (χ2v) is 7.86. The molecule has 1 aliphatic rings. The normalized spacial score (nSPS) is 25.0. The molecule has 0 saturated carbocycles. The van der Waals surface area contributed by atoms with Crippen LogP contribution < -0.4 is 0 Å². The molecule has 2 unspecified atom stereocenters. The summed E-state index contributed by atoms with van der Waals surface area (Å²) in [5, 5.41) is 0.723. The van der Waals surface area contributed by atoms with Crippen molar-refractivity contribution in [1.29, 1.82) is 0 Å². The van der Waals surface area contributed by atoms with E-state index in [4.69, 9.17) is 4.55 Å². The van der Waals surface area contributed by atoms with Crippen LogP contribution in [0.15, 0.2) is 29.2 Å². The van der Waals surface area contributed by atoms with E-state index in [0.717, 1.165) is 17.2 Å². The SMILES string of the molecule is CC1CC(Cc2ccc(S(=O)(=O)O)cc2)CCS1. The standard InChI is InChI=1S/C13H18O3S2/c1-10-8-12(6-7-17-10)9-11-2-4-13(5-3-11)18(14,15)16/h2-5,10,12H,6-9H2,1H3,(H,14,15,16). The number of hydrogen-bond acceptors (Lipinski definition) is 3. The number of benzene rings is 1. The van der Waals surface area contributed by atoms with Gasteiger partial charge in [-0.25, -0.2) is 0 Å². The lowest BCUT2D eigenvalue weighted by Crippen LogP contribution is -2.17. The van der Waals surface area contributed by atoms with Gasteiger partial charge in [-0.3, -0.25) is 4.55 Å². The van der Waals surface area contributed by atoms with Crippen LogP contribution in [0.2, 0.25) is 0 Å². The molecule has 1 aromatic carbocycles. The minimum absolute atomic E-state index is 0.0289. The third-order valence-electron chi connectivity index (χ3n) is 3.34. The van der Waals surface area contributed by atoms with Crippen LogP contribution in [-0.4, -0.2) is 24.0 Å². The van der Waals surface area contributed by atoms with Crippen LogP contribution in [0.25, 0.3) is 0 Å². The molecular weight excluding hydrogens is 268 g/mol. The molecule has 100 valence electrons. The lowest BCUT2D eigenvalue weighted by Gasteiger charge is -2.26. The quantitative estimate of drug-likeness (QED) is 0.868. The summed E-state index contributed by atoms with van der Waals surface area (Å²) in [6.45, 7) is 2.26. The van der Waals surface area contributed by atoms with E-state index >= 15 is 0 Å². The predicted molar refractivity (Wildman–Crippen MR) is 74.6 cm³/mol. The molecule has 0 bridgehead atoms. The highest BCUT2D eigenvalue weighted by atomic mass is 32.2. The first-order valence-electron chi connectivity index (χ1n) is 6.13. The fourth-order valence-corrected chi connectivity index (χ4v) is 4.17. The zero-order valence-corrected chi connectivity index (χ0v) is 12.0. The number of rotatable bonds is 3. The van der Waals surface area contributed by atoms with Crippen molar-refractivity contribution in [2.45, 2.75) is 36.3 Å². The minimum Gasteiger partial charge on any atom is -0.282 e. The van der Waals surface area contributed by atoms with E-state index in [0.29, 0.717) is 5.92 Å². The topological polar surface area (TPSA) is 54.4 Å². The smallest absolute Gasteiger partial charge is 0.282 e. The Bertz CT molecular complexity index is 493. The molecular formula is C13H18O3S2. The maximum absolute atomic E-state index is 10.9. The van der Waals surface area contributed by atoms with Crippen LogP contribution >= 0.6 is 11.8 Å². The van der Waals surface area contributed by atoms with Crippen LogP contribution in [0.5, 0.6) is 0 Å². The summed E-state index contributed by atoms with van der Waals surface area (Å²) in [5.41, 5.74) is 1.14. The molecule has 0 aromatic heterocycles. The Morgan fingerprint density at radius 2 is 2.00 bits per heavy atom. The first-order valence-corrected chi connectivity index (χ1v) is 8.62. The van der Waals surface area contributed by atoms with Gasteiger partial charge in [0.25, 0.3) is 10.1 Å². The maximum atomic E-state index is 10.9. The zero-order valence-electron chi connectivity index (χ0n) is 10.4. The average Bonchev–Trinajstić information content (AvgIpc) is 2.28. The van der Waals surface area contributed by atoms with Crippen molar-refractivity contribution < 1.29 is 13.0 Å². The lowest BCUT2D eigenvalue weighted by atomic mass is 9.92. The highest BCUT2D eigenvalue weighted by molar-refractivity contribution is 7.99. The molecule has 1 heterocycles. The van der Waals surface area contributed by atoms with E-state index in [2.05, 4.69) is 6.92 Å². The van der Waals surface area contributed by atoms with Crippen LogP contribution in [0, 0.1) is 5.92 Å². The largest absolute Gasteiger partial charge is 0.294 e. The van der Waals surface area contributed by atoms with Gasteiger partial charge >= 0.3 is 0 Å². The average molecular weight is 286 g/mol. The van der Waals surface area contributed by atoms with Crippen molar-refractivity contribution in [3.05, 3.63) is 29.8 Å². The summed E-state index contributed by atoms with van der Waals surface area (Å²) in [7, 11) is -4.06. The second-order valence-electron chi connectivity index (χ2n) is 4.89. The molecule has 2 rings (SSSR count). The molecule has 1 aliphatic heterocycles. The summed E-state index contributed by atoms with van der Waals surface area (Å²) in [6.07, 6.45) is 3.45. The molecule has 3 nitrogen and oxygen atoms in total. The first-order chi connectivity index (χ1) is 8.45. The monoisotopic (exact) mass is 286 g/mol. The van der Waals surface area contributed by atoms with Crippen molar-refractivity contribution >= 4 is 21.9 Å². The van der Waals surface area contributed by atoms with Gasteiger partial charge in [0.1, 0.15) is 0 Å². The van der Waals surface area contributed by atoms with Crippen LogP contribution in [0.4, 0.5) is 0 Å². The summed E-state index contributed by atoms with van der Waals surface area (Å²) in [4.78, 5) is -0.0289. The molecule has 2 atom stereocenters. The molecule has 1 fully saturated rings. The maximum Gasteiger partial charge on any atom is 0.294 e. The third-order valence-corrected chi connectivity index (χ3v) is 5.44. The van der Waals surface area contributed by atoms with Gasteiger partial charge in [0.05, 0.1) is 4.90 Å². The van der Waals surface area contributed by atoms with E-state index in [1.54, 1.807) is 12.1 Å². The van der Waals surface area contributed by atoms with Crippen LogP contribution in [-0.2, 0) is 16.5 Å². The molecule has 0 amide bonds. The van der Waals surface area contributed by atoms with Gasteiger partial charge in [-0.2, -0.15) is 20.2 Å². The summed E-state index contributed by atoms with van der Waals surface area (Å²) >= 11 is 2.03. The predicted octanol–water partition coefficient (Wildman–Crippen LogP) is 3.01. The van der Waals surface area contributed by atoms with Gasteiger partial charge in [-0.1, -0.05) is 19.1 Å². The van der Waals surface area contributed by atoms with E-state index in [9.17, 15) is 8.42 Å². The van der Waals surface area contributed by atoms with Crippen LogP contribution in [0.3, 0.4) is 0 Å². The number of hydrogen-bond donors (Lipinski definition) is 1. The molecule has 0 radical (unpaired) electrons. The molecule has 1 N–H and O–H groups in total. The van der Waals surface area contributed by atoms with Gasteiger partial charge in [0.15, 0.2) is 0 Å². The third kappa shape index (κ3) is 3.73. The first kappa shape index (κ1) is 13.9. The number of thioether (sulfide) groups is 1. The van der Waals surface area contributed by atoms with Crippen LogP contribution in [0.1, 0.15) is 25.3 Å². The van der Waals surface area contributed by atoms with Gasteiger partial charge in [0.2, 0.25) is 0 Å². The Morgan fingerprint density at radius 3 is 2.56 bits per heavy atom. The summed E-state index contributed by atoms with van der Waals surface area (Å²) in [6, 6.07) is 6.56. The van der Waals surface area contributed by atoms with Gasteiger partial charge in [-0.05, 0) is 48.6 Å². The van der Waals surface area contributed by atoms with Gasteiger partial charge in [-0.15, -0.1) is 0 Å². The van der Waals surface area contributed by atoms with Crippen molar-refractivity contribution in [2.24, 2.45) is 5.92 Å². The van der Waals surface area contributed by atoms with E-state index in [-0.39, 0.29) is 4.90 Å². The minimum atomic E-state index is -4.06. The van der Waals surface area contributed by atoms with Crippen molar-refractivity contribution in [2.75, 3.05) is 5.75 Å². The highest BCUT2D eigenvalue weighted by Gasteiger charge is 2.19. The van der Waals surface area contributed by atoms with Gasteiger partial charge < -0.3 is 0 Å². The molecule has 1 saturated heterocycles. The molecule has 5 heteroatoms.